The summed E-state index contributed by atoms with van der Waals surface area (Å²) in [6.45, 7) is 4.70. The molecule has 0 spiro atoms. The second kappa shape index (κ2) is 16.3. The van der Waals surface area contributed by atoms with Crippen LogP contribution in [0.5, 0.6) is 0 Å². The van der Waals surface area contributed by atoms with Gasteiger partial charge in [0.15, 0.2) is 0 Å². The van der Waals surface area contributed by atoms with Crippen molar-refractivity contribution in [3.63, 3.8) is 0 Å². The van der Waals surface area contributed by atoms with Gasteiger partial charge in [-0.05, 0) is 43.0 Å². The number of para-hydroxylation sites is 1. The minimum absolute atomic E-state index is 0.152. The van der Waals surface area contributed by atoms with E-state index in [1.54, 1.807) is 42.5 Å². The van der Waals surface area contributed by atoms with Crippen molar-refractivity contribution in [1.82, 2.24) is 0 Å². The lowest BCUT2D eigenvalue weighted by molar-refractivity contribution is 0.00772. The van der Waals surface area contributed by atoms with E-state index in [2.05, 4.69) is 13.8 Å². The summed E-state index contributed by atoms with van der Waals surface area (Å²) in [7, 11) is 0. The first kappa shape index (κ1) is 30.6. The Labute approximate surface area is 234 Å². The van der Waals surface area contributed by atoms with Crippen molar-refractivity contribution in [2.75, 3.05) is 11.7 Å². The first-order chi connectivity index (χ1) is 19.0. The van der Waals surface area contributed by atoms with E-state index in [0.717, 1.165) is 44.1 Å². The summed E-state index contributed by atoms with van der Waals surface area (Å²) in [5.74, 6) is -1.19. The molecule has 2 aromatic rings. The number of hydrogen-bond donors (Lipinski definition) is 0. The summed E-state index contributed by atoms with van der Waals surface area (Å²) < 4.78 is 26.7. The van der Waals surface area contributed by atoms with E-state index in [4.69, 9.17) is 9.47 Å². The first-order valence-electron chi connectivity index (χ1n) is 15.1. The number of halogens is 1. The molecule has 0 aromatic heterocycles. The number of nitrogens with zero attached hydrogens (tertiary/aromatic N) is 1. The number of unbranched alkanes of at least 4 members (excludes halogenated alkanes) is 10. The second-order valence-electron chi connectivity index (χ2n) is 10.7. The molecule has 0 aliphatic heterocycles. The van der Waals surface area contributed by atoms with Crippen LogP contribution in [-0.2, 0) is 15.9 Å². The topological polar surface area (TPSA) is 55.8 Å². The van der Waals surface area contributed by atoms with Crippen molar-refractivity contribution in [1.29, 1.82) is 0 Å². The molecule has 0 atom stereocenters. The van der Waals surface area contributed by atoms with Crippen LogP contribution >= 0.6 is 0 Å². The predicted octanol–water partition coefficient (Wildman–Crippen LogP) is 9.14. The SMILES string of the molecule is CCCCCCCCOC(=O)c1c(CCCCCCCC)cccc1C(=O)OC1(N(F)c2ccccc2)CC1. The molecule has 1 saturated carbocycles. The van der Waals surface area contributed by atoms with Crippen LogP contribution < -0.4 is 5.12 Å². The second-order valence-corrected chi connectivity index (χ2v) is 10.7. The molecule has 0 radical (unpaired) electrons. The zero-order valence-electron chi connectivity index (χ0n) is 23.9. The lowest BCUT2D eigenvalue weighted by Gasteiger charge is -2.25. The number of aryl methyl sites for hydroxylation is 1. The molecular formula is C33H46FNO4. The normalized spacial score (nSPS) is 13.6. The smallest absolute Gasteiger partial charge is 0.341 e. The Morgan fingerprint density at radius 2 is 1.38 bits per heavy atom. The highest BCUT2D eigenvalue weighted by molar-refractivity contribution is 6.04. The fourth-order valence-electron chi connectivity index (χ4n) is 4.90. The lowest BCUT2D eigenvalue weighted by atomic mass is 9.96. The van der Waals surface area contributed by atoms with Gasteiger partial charge in [-0.2, -0.15) is 5.12 Å². The summed E-state index contributed by atoms with van der Waals surface area (Å²) >= 11 is 0. The zero-order valence-corrected chi connectivity index (χ0v) is 23.9. The third-order valence-electron chi connectivity index (χ3n) is 7.41. The van der Waals surface area contributed by atoms with Crippen LogP contribution in [0.25, 0.3) is 0 Å². The summed E-state index contributed by atoms with van der Waals surface area (Å²) in [6.07, 6.45) is 14.8. The van der Waals surface area contributed by atoms with Crippen molar-refractivity contribution >= 4 is 17.6 Å². The largest absolute Gasteiger partial charge is 0.462 e. The van der Waals surface area contributed by atoms with E-state index in [1.807, 2.05) is 6.07 Å². The van der Waals surface area contributed by atoms with Crippen molar-refractivity contribution < 1.29 is 23.5 Å². The van der Waals surface area contributed by atoms with Crippen LogP contribution in [0.15, 0.2) is 48.5 Å². The van der Waals surface area contributed by atoms with Gasteiger partial charge >= 0.3 is 11.9 Å². The van der Waals surface area contributed by atoms with Crippen molar-refractivity contribution in [3.8, 4) is 0 Å². The number of hydrogen-bond acceptors (Lipinski definition) is 5. The number of ether oxygens (including phenoxy) is 2. The first-order valence-corrected chi connectivity index (χ1v) is 15.1. The Balaban J connectivity index is 1.71. The molecule has 6 heteroatoms. The molecule has 0 N–H and O–H groups in total. The Morgan fingerprint density at radius 3 is 2.03 bits per heavy atom. The number of esters is 2. The minimum atomic E-state index is -1.34. The molecule has 5 nitrogen and oxygen atoms in total. The van der Waals surface area contributed by atoms with Gasteiger partial charge < -0.3 is 9.47 Å². The molecule has 2 aromatic carbocycles. The van der Waals surface area contributed by atoms with Crippen LogP contribution in [0.3, 0.4) is 0 Å². The van der Waals surface area contributed by atoms with Gasteiger partial charge in [0.05, 0.1) is 23.4 Å². The summed E-state index contributed by atoms with van der Waals surface area (Å²) in [5.41, 5.74) is 0.200. The number of rotatable bonds is 19. The molecule has 0 amide bonds. The highest BCUT2D eigenvalue weighted by Gasteiger charge is 2.54. The Morgan fingerprint density at radius 1 is 0.769 bits per heavy atom. The van der Waals surface area contributed by atoms with Crippen LogP contribution in [0, 0.1) is 0 Å². The van der Waals surface area contributed by atoms with E-state index in [1.165, 1.54) is 38.5 Å². The van der Waals surface area contributed by atoms with Crippen molar-refractivity contribution in [2.45, 2.75) is 116 Å². The van der Waals surface area contributed by atoms with E-state index in [9.17, 15) is 9.59 Å². The monoisotopic (exact) mass is 539 g/mol. The lowest BCUT2D eigenvalue weighted by Crippen LogP contribution is -2.35. The van der Waals surface area contributed by atoms with Crippen LogP contribution in [0.1, 0.15) is 130 Å². The molecule has 1 fully saturated rings. The molecule has 3 rings (SSSR count). The van der Waals surface area contributed by atoms with Crippen molar-refractivity contribution in [2.24, 2.45) is 0 Å². The number of carbonyl (C=O) groups excluding carboxylic acids is 2. The number of anilines is 1. The molecule has 1 aliphatic carbocycles. The molecule has 39 heavy (non-hydrogen) atoms. The molecule has 0 bridgehead atoms. The van der Waals surface area contributed by atoms with E-state index < -0.39 is 17.7 Å². The minimum Gasteiger partial charge on any atom is -0.462 e. The fraction of sp³-hybridized carbons (Fsp3) is 0.576. The highest BCUT2D eigenvalue weighted by Crippen LogP contribution is 2.46. The number of carbonyl (C=O) groups is 2. The average molecular weight is 540 g/mol. The summed E-state index contributed by atoms with van der Waals surface area (Å²) in [4.78, 5) is 26.7. The average Bonchev–Trinajstić information content (AvgIpc) is 3.74. The van der Waals surface area contributed by atoms with Gasteiger partial charge in [-0.15, -0.1) is 0 Å². The number of benzene rings is 2. The Hall–Kier alpha value is -2.89. The van der Waals surface area contributed by atoms with Gasteiger partial charge in [-0.3, -0.25) is 0 Å². The summed E-state index contributed by atoms with van der Waals surface area (Å²) in [5, 5.41) is 0.529. The molecule has 214 valence electrons. The van der Waals surface area contributed by atoms with Gasteiger partial charge in [0, 0.05) is 12.8 Å². The van der Waals surface area contributed by atoms with Gasteiger partial charge in [0.2, 0.25) is 5.72 Å². The quantitative estimate of drug-likeness (QED) is 0.0771. The molecule has 0 unspecified atom stereocenters. The summed E-state index contributed by atoms with van der Waals surface area (Å²) in [6, 6.07) is 13.8. The van der Waals surface area contributed by atoms with E-state index >= 15 is 4.48 Å². The zero-order chi connectivity index (χ0) is 27.9. The Kier molecular flexibility index (Phi) is 12.8. The maximum Gasteiger partial charge on any atom is 0.341 e. The van der Waals surface area contributed by atoms with E-state index in [-0.39, 0.29) is 11.1 Å². The third kappa shape index (κ3) is 9.36. The molecular weight excluding hydrogens is 493 g/mol. The van der Waals surface area contributed by atoms with Gasteiger partial charge in [0.25, 0.3) is 0 Å². The fourth-order valence-corrected chi connectivity index (χ4v) is 4.90. The van der Waals surface area contributed by atoms with Crippen LogP contribution in [0.2, 0.25) is 0 Å². The van der Waals surface area contributed by atoms with Crippen LogP contribution in [-0.4, -0.2) is 24.3 Å². The molecule has 0 heterocycles. The van der Waals surface area contributed by atoms with Gasteiger partial charge in [-0.1, -0.05) is 113 Å². The maximum absolute atomic E-state index is 15.3. The van der Waals surface area contributed by atoms with Crippen LogP contribution in [0.4, 0.5) is 10.2 Å². The Bertz CT molecular complexity index is 1020. The van der Waals surface area contributed by atoms with Crippen molar-refractivity contribution in [3.05, 3.63) is 65.2 Å². The standard InChI is InChI=1S/C33H46FNO4/c1-3-5-7-9-11-14-19-27-20-18-23-29(30(27)32(37)38-26-17-12-10-8-6-4-2)31(36)39-33(24-25-33)35(34)28-21-15-13-16-22-28/h13,15-16,18,20-23H,3-12,14,17,19,24-26H2,1-2H3. The highest BCUT2D eigenvalue weighted by atomic mass is 19.2. The van der Waals surface area contributed by atoms with Gasteiger partial charge in [-0.25, -0.2) is 9.59 Å². The maximum atomic E-state index is 15.3. The molecule has 0 saturated heterocycles. The third-order valence-corrected chi connectivity index (χ3v) is 7.41. The molecule has 1 aliphatic rings. The predicted molar refractivity (Wildman–Crippen MR) is 155 cm³/mol. The van der Waals surface area contributed by atoms with E-state index in [0.29, 0.717) is 36.7 Å². The van der Waals surface area contributed by atoms with Gasteiger partial charge in [0.1, 0.15) is 0 Å².